The number of rotatable bonds is 9. The van der Waals surface area contributed by atoms with Gasteiger partial charge in [-0.2, -0.15) is 0 Å². The summed E-state index contributed by atoms with van der Waals surface area (Å²) in [5.41, 5.74) is 7.06. The second-order valence-corrected chi connectivity index (χ2v) is 4.34. The maximum Gasteiger partial charge on any atom is 0.0927 e. The van der Waals surface area contributed by atoms with Crippen LogP contribution in [0.1, 0.15) is 12.0 Å². The van der Waals surface area contributed by atoms with Gasteiger partial charge in [0.25, 0.3) is 0 Å². The van der Waals surface area contributed by atoms with Crippen LogP contribution in [0.3, 0.4) is 0 Å². The Hall–Kier alpha value is -0.940. The van der Waals surface area contributed by atoms with E-state index in [0.717, 1.165) is 12.0 Å². The first kappa shape index (κ1) is 15.1. The Morgan fingerprint density at radius 3 is 2.61 bits per heavy atom. The summed E-state index contributed by atoms with van der Waals surface area (Å²) in [5, 5.41) is 9.85. The summed E-state index contributed by atoms with van der Waals surface area (Å²) in [6.45, 7) is 1.53. The summed E-state index contributed by atoms with van der Waals surface area (Å²) in [6.07, 6.45) is 0.855. The van der Waals surface area contributed by atoms with Crippen LogP contribution in [0.25, 0.3) is 0 Å². The molecule has 0 saturated heterocycles. The molecule has 2 unspecified atom stereocenters. The van der Waals surface area contributed by atoms with E-state index in [9.17, 15) is 5.11 Å². The molecule has 0 heterocycles. The van der Waals surface area contributed by atoms with Gasteiger partial charge < -0.3 is 20.3 Å². The summed E-state index contributed by atoms with van der Waals surface area (Å²) in [4.78, 5) is 0. The molecule has 0 aromatic heterocycles. The maximum absolute atomic E-state index is 9.85. The SMILES string of the molecule is COCCCOCC(O)C(N)Cc1ccccc1. The van der Waals surface area contributed by atoms with Gasteiger partial charge in [-0.15, -0.1) is 0 Å². The number of aliphatic hydroxyl groups is 1. The molecule has 4 heteroatoms. The van der Waals surface area contributed by atoms with Crippen LogP contribution in [0, 0.1) is 0 Å². The lowest BCUT2D eigenvalue weighted by Gasteiger charge is -2.19. The molecule has 0 aliphatic carbocycles. The molecule has 4 nitrogen and oxygen atoms in total. The minimum Gasteiger partial charge on any atom is -0.389 e. The third kappa shape index (κ3) is 6.12. The summed E-state index contributed by atoms with van der Waals surface area (Å²) in [5.74, 6) is 0. The molecule has 0 bridgehead atoms. The van der Waals surface area contributed by atoms with Gasteiger partial charge in [0.05, 0.1) is 12.7 Å². The first-order valence-electron chi connectivity index (χ1n) is 6.28. The van der Waals surface area contributed by atoms with Gasteiger partial charge in [0.1, 0.15) is 0 Å². The molecule has 18 heavy (non-hydrogen) atoms. The molecule has 0 fully saturated rings. The number of hydrogen-bond acceptors (Lipinski definition) is 4. The van der Waals surface area contributed by atoms with Crippen molar-refractivity contribution < 1.29 is 14.6 Å². The Kier molecular flexibility index (Phi) is 7.60. The first-order chi connectivity index (χ1) is 8.74. The molecule has 0 saturated carbocycles. The van der Waals surface area contributed by atoms with Crippen LogP contribution in [0.15, 0.2) is 30.3 Å². The highest BCUT2D eigenvalue weighted by Gasteiger charge is 2.15. The minimum absolute atomic E-state index is 0.276. The van der Waals surface area contributed by atoms with E-state index in [1.54, 1.807) is 7.11 Å². The predicted octanol–water partition coefficient (Wildman–Crippen LogP) is 0.970. The van der Waals surface area contributed by atoms with E-state index in [0.29, 0.717) is 19.6 Å². The first-order valence-corrected chi connectivity index (χ1v) is 6.28. The zero-order valence-electron chi connectivity index (χ0n) is 10.9. The molecule has 1 aromatic carbocycles. The molecule has 102 valence electrons. The number of methoxy groups -OCH3 is 1. The number of ether oxygens (including phenoxy) is 2. The van der Waals surface area contributed by atoms with Gasteiger partial charge in [-0.05, 0) is 18.4 Å². The highest BCUT2D eigenvalue weighted by Crippen LogP contribution is 2.05. The lowest BCUT2D eigenvalue weighted by molar-refractivity contribution is 0.0169. The normalized spacial score (nSPS) is 14.4. The van der Waals surface area contributed by atoms with Crippen LogP contribution < -0.4 is 5.73 Å². The molecule has 0 aliphatic rings. The lowest BCUT2D eigenvalue weighted by atomic mass is 10.0. The molecule has 3 N–H and O–H groups in total. The van der Waals surface area contributed by atoms with Crippen LogP contribution in [-0.4, -0.2) is 44.2 Å². The van der Waals surface area contributed by atoms with E-state index in [1.807, 2.05) is 30.3 Å². The maximum atomic E-state index is 9.85. The van der Waals surface area contributed by atoms with E-state index < -0.39 is 6.10 Å². The summed E-state index contributed by atoms with van der Waals surface area (Å²) in [7, 11) is 1.66. The fourth-order valence-electron chi connectivity index (χ4n) is 1.66. The summed E-state index contributed by atoms with van der Waals surface area (Å²) in [6, 6.07) is 9.61. The van der Waals surface area contributed by atoms with Crippen molar-refractivity contribution in [3.8, 4) is 0 Å². The van der Waals surface area contributed by atoms with Gasteiger partial charge in [-0.3, -0.25) is 0 Å². The van der Waals surface area contributed by atoms with Crippen molar-refractivity contribution in [1.29, 1.82) is 0 Å². The smallest absolute Gasteiger partial charge is 0.0927 e. The van der Waals surface area contributed by atoms with Crippen molar-refractivity contribution in [2.45, 2.75) is 25.0 Å². The molecule has 0 radical (unpaired) electrons. The average Bonchev–Trinajstić information content (AvgIpc) is 2.39. The Morgan fingerprint density at radius 1 is 1.22 bits per heavy atom. The summed E-state index contributed by atoms with van der Waals surface area (Å²) < 4.78 is 10.3. The van der Waals surface area contributed by atoms with Gasteiger partial charge in [0.2, 0.25) is 0 Å². The standard InChI is InChI=1S/C14H23NO3/c1-17-8-5-9-18-11-14(16)13(15)10-12-6-3-2-4-7-12/h2-4,6-7,13-14,16H,5,8-11,15H2,1H3. The average molecular weight is 253 g/mol. The third-order valence-electron chi connectivity index (χ3n) is 2.73. The molecule has 1 rings (SSSR count). The van der Waals surface area contributed by atoms with Gasteiger partial charge in [-0.1, -0.05) is 30.3 Å². The van der Waals surface area contributed by atoms with Crippen LogP contribution in [0.5, 0.6) is 0 Å². The van der Waals surface area contributed by atoms with E-state index in [2.05, 4.69) is 0 Å². The van der Waals surface area contributed by atoms with Gasteiger partial charge in [0.15, 0.2) is 0 Å². The van der Waals surface area contributed by atoms with Crippen LogP contribution >= 0.6 is 0 Å². The van der Waals surface area contributed by atoms with E-state index in [-0.39, 0.29) is 12.6 Å². The predicted molar refractivity (Wildman–Crippen MR) is 71.4 cm³/mol. The van der Waals surface area contributed by atoms with Crippen LogP contribution in [0.2, 0.25) is 0 Å². The number of nitrogens with two attached hydrogens (primary N) is 1. The highest BCUT2D eigenvalue weighted by molar-refractivity contribution is 5.16. The highest BCUT2D eigenvalue weighted by atomic mass is 16.5. The fraction of sp³-hybridized carbons (Fsp3) is 0.571. The van der Waals surface area contributed by atoms with Crippen molar-refractivity contribution in [2.24, 2.45) is 5.73 Å². The lowest BCUT2D eigenvalue weighted by Crippen LogP contribution is -2.39. The zero-order valence-corrected chi connectivity index (χ0v) is 10.9. The molecule has 1 aromatic rings. The second-order valence-electron chi connectivity index (χ2n) is 4.34. The van der Waals surface area contributed by atoms with Crippen molar-refractivity contribution in [1.82, 2.24) is 0 Å². The van der Waals surface area contributed by atoms with E-state index in [4.69, 9.17) is 15.2 Å². The molecule has 0 amide bonds. The molecule has 0 spiro atoms. The Balaban J connectivity index is 2.18. The van der Waals surface area contributed by atoms with Crippen LogP contribution in [-0.2, 0) is 15.9 Å². The van der Waals surface area contributed by atoms with Gasteiger partial charge in [-0.25, -0.2) is 0 Å². The number of hydrogen-bond donors (Lipinski definition) is 2. The summed E-state index contributed by atoms with van der Waals surface area (Å²) >= 11 is 0. The Labute approximate surface area is 109 Å². The Morgan fingerprint density at radius 2 is 1.94 bits per heavy atom. The van der Waals surface area contributed by atoms with Crippen molar-refractivity contribution >= 4 is 0 Å². The van der Waals surface area contributed by atoms with Crippen molar-refractivity contribution in [2.75, 3.05) is 26.9 Å². The number of benzene rings is 1. The van der Waals surface area contributed by atoms with Crippen molar-refractivity contribution in [3.05, 3.63) is 35.9 Å². The van der Waals surface area contributed by atoms with E-state index >= 15 is 0 Å². The Bertz CT molecular complexity index is 305. The van der Waals surface area contributed by atoms with Gasteiger partial charge >= 0.3 is 0 Å². The third-order valence-corrected chi connectivity index (χ3v) is 2.73. The van der Waals surface area contributed by atoms with E-state index in [1.165, 1.54) is 0 Å². The van der Waals surface area contributed by atoms with Crippen molar-refractivity contribution in [3.63, 3.8) is 0 Å². The van der Waals surface area contributed by atoms with Crippen LogP contribution in [0.4, 0.5) is 0 Å². The number of aliphatic hydroxyl groups excluding tert-OH is 1. The largest absolute Gasteiger partial charge is 0.389 e. The second kappa shape index (κ2) is 9.05. The topological polar surface area (TPSA) is 64.7 Å². The minimum atomic E-state index is -0.632. The molecular weight excluding hydrogens is 230 g/mol. The molecular formula is C14H23NO3. The van der Waals surface area contributed by atoms with Gasteiger partial charge in [0, 0.05) is 26.4 Å². The fourth-order valence-corrected chi connectivity index (χ4v) is 1.66. The zero-order chi connectivity index (χ0) is 13.2. The quantitative estimate of drug-likeness (QED) is 0.644. The monoisotopic (exact) mass is 253 g/mol. The molecule has 0 aliphatic heterocycles. The molecule has 2 atom stereocenters.